The van der Waals surface area contributed by atoms with Gasteiger partial charge in [-0.3, -0.25) is 14.6 Å². The zero-order valence-electron chi connectivity index (χ0n) is 17.5. The first-order valence-corrected chi connectivity index (χ1v) is 9.79. The second kappa shape index (κ2) is 12.6. The Morgan fingerprint density at radius 1 is 1.13 bits per heavy atom. The Kier molecular flexibility index (Phi) is 9.88. The van der Waals surface area contributed by atoms with Crippen molar-refractivity contribution in [2.75, 3.05) is 20.8 Å². The van der Waals surface area contributed by atoms with Crippen LogP contribution >= 0.6 is 0 Å². The second-order valence-corrected chi connectivity index (χ2v) is 6.84. The monoisotopic (exact) mass is 430 g/mol. The predicted octanol–water partition coefficient (Wildman–Crippen LogP) is -0.250. The fourth-order valence-corrected chi connectivity index (χ4v) is 2.90. The summed E-state index contributed by atoms with van der Waals surface area (Å²) < 4.78 is 10.1. The molecule has 0 aliphatic heterocycles. The number of hydrogen-bond donors (Lipinski definition) is 4. The van der Waals surface area contributed by atoms with Crippen LogP contribution in [0, 0.1) is 0 Å². The fourth-order valence-electron chi connectivity index (χ4n) is 2.90. The number of nitrogens with one attached hydrogen (secondary N) is 2. The van der Waals surface area contributed by atoms with E-state index in [-0.39, 0.29) is 12.3 Å². The Balaban J connectivity index is 1.92. The molecule has 0 saturated carbocycles. The Bertz CT molecular complexity index is 822. The molecule has 0 spiro atoms. The number of ether oxygens (including phenoxy) is 2. The van der Waals surface area contributed by atoms with Gasteiger partial charge in [0.25, 0.3) is 5.91 Å². The first-order valence-electron chi connectivity index (χ1n) is 9.79. The summed E-state index contributed by atoms with van der Waals surface area (Å²) in [5, 5.41) is 24.5. The zero-order chi connectivity index (χ0) is 22.6. The largest absolute Gasteiger partial charge is 0.497 e. The minimum absolute atomic E-state index is 0.0506. The Labute approximate surface area is 181 Å². The molecule has 2 rings (SSSR count). The molecule has 0 fully saturated rings. The van der Waals surface area contributed by atoms with Gasteiger partial charge in [-0.1, -0.05) is 12.1 Å². The van der Waals surface area contributed by atoms with Gasteiger partial charge in [0, 0.05) is 19.5 Å². The molecule has 0 saturated heterocycles. The molecule has 2 atom stereocenters. The lowest BCUT2D eigenvalue weighted by atomic mass is 9.76. The van der Waals surface area contributed by atoms with Crippen molar-refractivity contribution in [3.8, 4) is 5.75 Å². The van der Waals surface area contributed by atoms with Gasteiger partial charge in [-0.05, 0) is 37.0 Å². The number of amides is 2. The summed E-state index contributed by atoms with van der Waals surface area (Å²) >= 11 is 0. The van der Waals surface area contributed by atoms with E-state index in [0.717, 1.165) is 11.3 Å². The van der Waals surface area contributed by atoms with E-state index >= 15 is 0 Å². The lowest BCUT2D eigenvalue weighted by Gasteiger charge is -2.22. The summed E-state index contributed by atoms with van der Waals surface area (Å²) in [4.78, 5) is 32.6. The highest BCUT2D eigenvalue weighted by atomic mass is 16.5. The molecule has 2 amide bonds. The number of methoxy groups -OCH3 is 2. The van der Waals surface area contributed by atoms with Gasteiger partial charge in [-0.25, -0.2) is 4.98 Å². The number of aryl methyl sites for hydroxylation is 1. The summed E-state index contributed by atoms with van der Waals surface area (Å²) in [6.07, 6.45) is 5.68. The van der Waals surface area contributed by atoms with E-state index < -0.39 is 30.9 Å². The zero-order valence-corrected chi connectivity index (χ0v) is 17.5. The minimum Gasteiger partial charge on any atom is -0.497 e. The van der Waals surface area contributed by atoms with E-state index in [4.69, 9.17) is 9.47 Å². The number of carbonyl (C=O) groups excluding carboxylic acids is 2. The molecule has 166 valence electrons. The van der Waals surface area contributed by atoms with Crippen LogP contribution in [0.4, 0.5) is 0 Å². The van der Waals surface area contributed by atoms with E-state index in [9.17, 15) is 19.6 Å². The topological polar surface area (TPSA) is 143 Å². The quantitative estimate of drug-likeness (QED) is 0.338. The molecule has 0 aliphatic carbocycles. The maximum absolute atomic E-state index is 12.6. The van der Waals surface area contributed by atoms with Gasteiger partial charge in [-0.15, -0.1) is 0 Å². The van der Waals surface area contributed by atoms with Crippen LogP contribution in [0.2, 0.25) is 0 Å². The van der Waals surface area contributed by atoms with E-state index in [1.807, 2.05) is 24.3 Å². The van der Waals surface area contributed by atoms with Crippen molar-refractivity contribution >= 4 is 18.9 Å². The van der Waals surface area contributed by atoms with Crippen molar-refractivity contribution in [2.24, 2.45) is 0 Å². The first kappa shape index (κ1) is 24.3. The number of nitrogens with zero attached hydrogens (tertiary/aromatic N) is 2. The summed E-state index contributed by atoms with van der Waals surface area (Å²) in [5.41, 5.74) is 1.11. The molecule has 31 heavy (non-hydrogen) atoms. The van der Waals surface area contributed by atoms with Crippen LogP contribution in [-0.4, -0.2) is 71.8 Å². The highest BCUT2D eigenvalue weighted by molar-refractivity contribution is 6.43. The van der Waals surface area contributed by atoms with Crippen LogP contribution in [0.1, 0.15) is 28.9 Å². The molecule has 2 aromatic rings. The van der Waals surface area contributed by atoms with E-state index in [0.29, 0.717) is 19.3 Å². The van der Waals surface area contributed by atoms with Gasteiger partial charge in [0.1, 0.15) is 17.5 Å². The van der Waals surface area contributed by atoms with Crippen molar-refractivity contribution in [3.05, 3.63) is 54.1 Å². The highest BCUT2D eigenvalue weighted by Crippen LogP contribution is 2.14. The second-order valence-electron chi connectivity index (χ2n) is 6.84. The van der Waals surface area contributed by atoms with Crippen LogP contribution in [0.5, 0.6) is 5.75 Å². The molecule has 0 aliphatic rings. The SMILES string of the molecule is COCC(NC(=O)c1cnccn1)C(=O)NC(CCCc1ccc(OC)cc1)B(O)O. The number of carbonyl (C=O) groups is 2. The molecule has 1 aromatic heterocycles. The molecule has 10 nitrogen and oxygen atoms in total. The van der Waals surface area contributed by atoms with Gasteiger partial charge in [-0.2, -0.15) is 0 Å². The molecule has 0 radical (unpaired) electrons. The van der Waals surface area contributed by atoms with E-state index in [2.05, 4.69) is 20.6 Å². The van der Waals surface area contributed by atoms with Crippen molar-refractivity contribution < 1.29 is 29.1 Å². The fraction of sp³-hybridized carbons (Fsp3) is 0.400. The third-order valence-corrected chi connectivity index (χ3v) is 4.58. The first-order chi connectivity index (χ1) is 14.9. The van der Waals surface area contributed by atoms with Crippen LogP contribution < -0.4 is 15.4 Å². The van der Waals surface area contributed by atoms with Crippen molar-refractivity contribution in [1.29, 1.82) is 0 Å². The average Bonchev–Trinajstić information content (AvgIpc) is 2.78. The molecular weight excluding hydrogens is 403 g/mol. The Hall–Kier alpha value is -3.02. The summed E-state index contributed by atoms with van der Waals surface area (Å²) in [7, 11) is 1.23. The van der Waals surface area contributed by atoms with Crippen LogP contribution in [0.25, 0.3) is 0 Å². The van der Waals surface area contributed by atoms with Gasteiger partial charge < -0.3 is 30.2 Å². The average molecular weight is 430 g/mol. The van der Waals surface area contributed by atoms with Crippen LogP contribution in [-0.2, 0) is 16.0 Å². The van der Waals surface area contributed by atoms with E-state index in [1.165, 1.54) is 25.7 Å². The van der Waals surface area contributed by atoms with Crippen LogP contribution in [0.15, 0.2) is 42.9 Å². The van der Waals surface area contributed by atoms with Crippen molar-refractivity contribution in [3.63, 3.8) is 0 Å². The normalized spacial score (nSPS) is 12.5. The maximum Gasteiger partial charge on any atom is 0.475 e. The van der Waals surface area contributed by atoms with E-state index in [1.54, 1.807) is 7.11 Å². The Morgan fingerprint density at radius 3 is 2.45 bits per heavy atom. The lowest BCUT2D eigenvalue weighted by Crippen LogP contribution is -2.55. The van der Waals surface area contributed by atoms with Crippen molar-refractivity contribution in [2.45, 2.75) is 31.2 Å². The van der Waals surface area contributed by atoms with Crippen molar-refractivity contribution in [1.82, 2.24) is 20.6 Å². The third-order valence-electron chi connectivity index (χ3n) is 4.58. The molecule has 2 unspecified atom stereocenters. The molecule has 11 heteroatoms. The third kappa shape index (κ3) is 7.97. The molecule has 0 bridgehead atoms. The highest BCUT2D eigenvalue weighted by Gasteiger charge is 2.29. The number of hydrogen-bond acceptors (Lipinski definition) is 8. The summed E-state index contributed by atoms with van der Waals surface area (Å²) in [6, 6.07) is 6.52. The molecular formula is C20H27BN4O6. The van der Waals surface area contributed by atoms with Gasteiger partial charge >= 0.3 is 7.12 Å². The smallest absolute Gasteiger partial charge is 0.475 e. The number of aromatic nitrogens is 2. The Morgan fingerprint density at radius 2 is 1.87 bits per heavy atom. The number of benzene rings is 1. The van der Waals surface area contributed by atoms with Gasteiger partial charge in [0.2, 0.25) is 5.91 Å². The van der Waals surface area contributed by atoms with Gasteiger partial charge in [0.15, 0.2) is 0 Å². The molecule has 4 N–H and O–H groups in total. The molecule has 1 heterocycles. The maximum atomic E-state index is 12.6. The summed E-state index contributed by atoms with van der Waals surface area (Å²) in [6.45, 7) is -0.0993. The minimum atomic E-state index is -1.75. The predicted molar refractivity (Wildman–Crippen MR) is 113 cm³/mol. The lowest BCUT2D eigenvalue weighted by molar-refractivity contribution is -0.124. The summed E-state index contributed by atoms with van der Waals surface area (Å²) in [5.74, 6) is -1.33. The van der Waals surface area contributed by atoms with Crippen LogP contribution in [0.3, 0.4) is 0 Å². The molecule has 1 aromatic carbocycles. The standard InChI is InChI=1S/C20H27BN4O6/c1-30-13-17(24-19(26)16-12-22-10-11-23-16)20(27)25-18(21(28)29)5-3-4-14-6-8-15(31-2)9-7-14/h6-12,17-18,28-29H,3-5,13H2,1-2H3,(H,24,26)(H,25,27). The van der Waals surface area contributed by atoms with Gasteiger partial charge in [0.05, 0.1) is 25.9 Å². The number of rotatable bonds is 12.